The molecule has 1 aliphatic heterocycles. The van der Waals surface area contributed by atoms with Crippen molar-refractivity contribution in [3.63, 3.8) is 0 Å². The molecule has 0 saturated carbocycles. The Labute approximate surface area is 100 Å². The molecule has 0 N–H and O–H groups in total. The minimum atomic E-state index is 0.497. The maximum Gasteiger partial charge on any atom is 0.185 e. The molecule has 84 valence electrons. The minimum Gasteiger partial charge on any atom is -0.344 e. The third-order valence-corrected chi connectivity index (χ3v) is 4.24. The summed E-state index contributed by atoms with van der Waals surface area (Å²) >= 11 is 7.76. The predicted molar refractivity (Wildman–Crippen MR) is 67.2 cm³/mol. The minimum absolute atomic E-state index is 0.497. The van der Waals surface area contributed by atoms with E-state index in [-0.39, 0.29) is 0 Å². The van der Waals surface area contributed by atoms with E-state index < -0.39 is 0 Å². The Hall–Kier alpha value is -0.280. The summed E-state index contributed by atoms with van der Waals surface area (Å²) in [5.41, 5.74) is 1.20. The molecule has 2 nitrogen and oxygen atoms in total. The highest BCUT2D eigenvalue weighted by molar-refractivity contribution is 7.13. The summed E-state index contributed by atoms with van der Waals surface area (Å²) in [6.07, 6.45) is 4.81. The third-order valence-electron chi connectivity index (χ3n) is 2.95. The van der Waals surface area contributed by atoms with Gasteiger partial charge in [-0.25, -0.2) is 4.98 Å². The van der Waals surface area contributed by atoms with E-state index in [1.807, 2.05) is 0 Å². The largest absolute Gasteiger partial charge is 0.344 e. The molecule has 1 saturated heterocycles. The molecule has 1 unspecified atom stereocenters. The van der Waals surface area contributed by atoms with Crippen molar-refractivity contribution in [3.05, 3.63) is 11.1 Å². The van der Waals surface area contributed by atoms with Crippen molar-refractivity contribution in [3.8, 4) is 0 Å². The van der Waals surface area contributed by atoms with E-state index in [1.54, 1.807) is 11.3 Å². The number of anilines is 1. The van der Waals surface area contributed by atoms with Crippen LogP contribution >= 0.6 is 22.9 Å². The zero-order valence-electron chi connectivity index (χ0n) is 9.08. The van der Waals surface area contributed by atoms with E-state index in [4.69, 9.17) is 11.6 Å². The normalized spacial score (nSPS) is 22.0. The van der Waals surface area contributed by atoms with Crippen LogP contribution in [-0.2, 0) is 6.42 Å². The first-order chi connectivity index (χ1) is 7.35. The van der Waals surface area contributed by atoms with E-state index in [0.717, 1.165) is 24.0 Å². The number of hydrogen-bond donors (Lipinski definition) is 0. The van der Waals surface area contributed by atoms with Crippen molar-refractivity contribution in [1.82, 2.24) is 4.98 Å². The summed E-state index contributed by atoms with van der Waals surface area (Å²) in [4.78, 5) is 7.03. The lowest BCUT2D eigenvalue weighted by atomic mass is 10.0. The summed E-state index contributed by atoms with van der Waals surface area (Å²) in [5.74, 6) is 0.723. The lowest BCUT2D eigenvalue weighted by Crippen LogP contribution is -2.40. The average molecular weight is 245 g/mol. The van der Waals surface area contributed by atoms with Crippen LogP contribution in [0.2, 0.25) is 0 Å². The van der Waals surface area contributed by atoms with Gasteiger partial charge in [0.15, 0.2) is 5.13 Å². The molecule has 0 amide bonds. The Balaban J connectivity index is 2.12. The van der Waals surface area contributed by atoms with Crippen molar-refractivity contribution in [1.29, 1.82) is 0 Å². The lowest BCUT2D eigenvalue weighted by Gasteiger charge is -2.34. The number of thiazole rings is 1. The third kappa shape index (κ3) is 2.45. The van der Waals surface area contributed by atoms with Crippen molar-refractivity contribution >= 4 is 28.1 Å². The average Bonchev–Trinajstić information content (AvgIpc) is 2.77. The number of nitrogens with zero attached hydrogens (tertiary/aromatic N) is 2. The first kappa shape index (κ1) is 11.2. The predicted octanol–water partition coefficient (Wildman–Crippen LogP) is 3.30. The van der Waals surface area contributed by atoms with Gasteiger partial charge in [0.05, 0.1) is 5.69 Å². The molecule has 0 radical (unpaired) electrons. The molecular weight excluding hydrogens is 228 g/mol. The Morgan fingerprint density at radius 2 is 2.47 bits per heavy atom. The van der Waals surface area contributed by atoms with Gasteiger partial charge in [0.1, 0.15) is 0 Å². The highest BCUT2D eigenvalue weighted by atomic mass is 35.5. The fourth-order valence-electron chi connectivity index (χ4n) is 2.00. The Morgan fingerprint density at radius 1 is 1.60 bits per heavy atom. The fourth-order valence-corrected chi connectivity index (χ4v) is 3.33. The Bertz CT molecular complexity index is 313. The van der Waals surface area contributed by atoms with Crippen molar-refractivity contribution in [2.24, 2.45) is 0 Å². The summed E-state index contributed by atoms with van der Waals surface area (Å²) in [6.45, 7) is 3.27. The summed E-state index contributed by atoms with van der Waals surface area (Å²) in [6, 6.07) is 0.497. The van der Waals surface area contributed by atoms with Gasteiger partial charge < -0.3 is 4.90 Å². The zero-order valence-corrected chi connectivity index (χ0v) is 10.7. The van der Waals surface area contributed by atoms with Crippen LogP contribution in [0.1, 0.15) is 31.9 Å². The van der Waals surface area contributed by atoms with Crippen LogP contribution < -0.4 is 4.90 Å². The first-order valence-corrected chi connectivity index (χ1v) is 7.03. The van der Waals surface area contributed by atoms with Gasteiger partial charge in [-0.15, -0.1) is 22.9 Å². The van der Waals surface area contributed by atoms with E-state index >= 15 is 0 Å². The second kappa shape index (κ2) is 5.17. The molecule has 1 aliphatic rings. The van der Waals surface area contributed by atoms with Gasteiger partial charge in [0.25, 0.3) is 0 Å². The fraction of sp³-hybridized carbons (Fsp3) is 0.727. The number of hydrogen-bond acceptors (Lipinski definition) is 3. The molecule has 1 fully saturated rings. The number of alkyl halides is 1. The number of aromatic nitrogens is 1. The number of piperidine rings is 1. The molecule has 4 heteroatoms. The van der Waals surface area contributed by atoms with Crippen LogP contribution in [0.4, 0.5) is 5.13 Å². The monoisotopic (exact) mass is 244 g/mol. The highest BCUT2D eigenvalue weighted by Crippen LogP contribution is 2.28. The summed E-state index contributed by atoms with van der Waals surface area (Å²) in [7, 11) is 0. The molecule has 0 aliphatic carbocycles. The second-order valence-corrected chi connectivity index (χ2v) is 5.12. The topological polar surface area (TPSA) is 16.1 Å². The van der Waals surface area contributed by atoms with Crippen LogP contribution in [0, 0.1) is 0 Å². The number of aryl methyl sites for hydroxylation is 1. The smallest absolute Gasteiger partial charge is 0.185 e. The molecule has 2 rings (SSSR count). The van der Waals surface area contributed by atoms with Crippen molar-refractivity contribution in [2.75, 3.05) is 17.3 Å². The maximum atomic E-state index is 6.00. The van der Waals surface area contributed by atoms with E-state index in [2.05, 4.69) is 22.2 Å². The molecule has 0 spiro atoms. The molecule has 1 aromatic rings. The van der Waals surface area contributed by atoms with Gasteiger partial charge in [0.2, 0.25) is 0 Å². The number of rotatable bonds is 3. The Kier molecular flexibility index (Phi) is 3.87. The van der Waals surface area contributed by atoms with Crippen LogP contribution in [-0.4, -0.2) is 23.5 Å². The van der Waals surface area contributed by atoms with Gasteiger partial charge in [-0.05, 0) is 25.7 Å². The van der Waals surface area contributed by atoms with Gasteiger partial charge in [-0.2, -0.15) is 0 Å². The van der Waals surface area contributed by atoms with Gasteiger partial charge >= 0.3 is 0 Å². The molecule has 0 aromatic carbocycles. The quantitative estimate of drug-likeness (QED) is 0.759. The molecular formula is C11H17ClN2S. The molecule has 1 atom stereocenters. The van der Waals surface area contributed by atoms with Crippen molar-refractivity contribution < 1.29 is 0 Å². The molecule has 15 heavy (non-hydrogen) atoms. The van der Waals surface area contributed by atoms with Crippen LogP contribution in [0.5, 0.6) is 0 Å². The molecule has 1 aromatic heterocycles. The van der Waals surface area contributed by atoms with Crippen molar-refractivity contribution in [2.45, 2.75) is 38.6 Å². The van der Waals surface area contributed by atoms with Gasteiger partial charge in [-0.1, -0.05) is 6.92 Å². The Morgan fingerprint density at radius 3 is 3.13 bits per heavy atom. The van der Waals surface area contributed by atoms with E-state index in [9.17, 15) is 0 Å². The summed E-state index contributed by atoms with van der Waals surface area (Å²) < 4.78 is 0. The lowest BCUT2D eigenvalue weighted by molar-refractivity contribution is 0.487. The molecule has 2 heterocycles. The van der Waals surface area contributed by atoms with E-state index in [1.165, 1.54) is 25.0 Å². The highest BCUT2D eigenvalue weighted by Gasteiger charge is 2.23. The van der Waals surface area contributed by atoms with Gasteiger partial charge in [-0.3, -0.25) is 0 Å². The SMILES string of the molecule is CCc1csc(N2CCCCC2CCl)n1. The maximum absolute atomic E-state index is 6.00. The zero-order chi connectivity index (χ0) is 10.7. The summed E-state index contributed by atoms with van der Waals surface area (Å²) in [5, 5.41) is 3.33. The second-order valence-electron chi connectivity index (χ2n) is 3.97. The standard InChI is InChI=1S/C11H17ClN2S/c1-2-9-8-15-11(13-9)14-6-4-3-5-10(14)7-12/h8,10H,2-7H2,1H3. The molecule has 0 bridgehead atoms. The van der Waals surface area contributed by atoms with Crippen LogP contribution in [0.3, 0.4) is 0 Å². The van der Waals surface area contributed by atoms with Gasteiger partial charge in [0, 0.05) is 23.8 Å². The van der Waals surface area contributed by atoms with E-state index in [0.29, 0.717) is 6.04 Å². The number of halogens is 1. The first-order valence-electron chi connectivity index (χ1n) is 5.62. The van der Waals surface area contributed by atoms with Crippen LogP contribution in [0.25, 0.3) is 0 Å². The van der Waals surface area contributed by atoms with Crippen LogP contribution in [0.15, 0.2) is 5.38 Å².